The summed E-state index contributed by atoms with van der Waals surface area (Å²) < 4.78 is 5.93. The molecule has 0 atom stereocenters. The number of hydrogen-bond acceptors (Lipinski definition) is 4. The molecule has 0 aliphatic rings. The lowest BCUT2D eigenvalue weighted by Gasteiger charge is -2.01. The van der Waals surface area contributed by atoms with Gasteiger partial charge in [-0.05, 0) is 35.9 Å². The van der Waals surface area contributed by atoms with Crippen molar-refractivity contribution in [3.8, 4) is 11.1 Å². The van der Waals surface area contributed by atoms with Crippen LogP contribution in [0.5, 0.6) is 0 Å². The summed E-state index contributed by atoms with van der Waals surface area (Å²) >= 11 is 6.16. The van der Waals surface area contributed by atoms with E-state index in [0.717, 1.165) is 16.5 Å². The number of rotatable bonds is 4. The standard InChI is InChI=1S/C21H14ClN3O2/c22-16-6-7-18-17(12-16)20(14-4-2-1-3-5-14)19(27-18)13-24-25-21(26)15-8-10-23-11-9-15/h1-13H,(H,25,26)/b24-13-. The number of halogens is 1. The number of carbonyl (C=O) groups excluding carboxylic acids is 1. The monoisotopic (exact) mass is 375 g/mol. The van der Waals surface area contributed by atoms with E-state index in [-0.39, 0.29) is 5.91 Å². The summed E-state index contributed by atoms with van der Waals surface area (Å²) in [5, 5.41) is 5.56. The van der Waals surface area contributed by atoms with Gasteiger partial charge in [-0.2, -0.15) is 5.10 Å². The Morgan fingerprint density at radius 2 is 1.85 bits per heavy atom. The molecular formula is C21H14ClN3O2. The van der Waals surface area contributed by atoms with Gasteiger partial charge in [0.1, 0.15) is 5.58 Å². The maximum absolute atomic E-state index is 12.1. The molecule has 2 aromatic heterocycles. The third-order valence-electron chi connectivity index (χ3n) is 4.03. The zero-order chi connectivity index (χ0) is 18.6. The van der Waals surface area contributed by atoms with Crippen LogP contribution in [0.1, 0.15) is 16.1 Å². The second-order valence-electron chi connectivity index (χ2n) is 5.78. The third-order valence-corrected chi connectivity index (χ3v) is 4.27. The highest BCUT2D eigenvalue weighted by atomic mass is 35.5. The first-order chi connectivity index (χ1) is 13.2. The van der Waals surface area contributed by atoms with E-state index < -0.39 is 0 Å². The Balaban J connectivity index is 1.70. The number of benzene rings is 2. The van der Waals surface area contributed by atoms with E-state index in [1.54, 1.807) is 30.6 Å². The molecule has 5 nitrogen and oxygen atoms in total. The Hall–Kier alpha value is -3.44. The predicted octanol–water partition coefficient (Wildman–Crippen LogP) is 4.91. The van der Waals surface area contributed by atoms with Crippen LogP contribution >= 0.6 is 11.6 Å². The number of nitrogens with zero attached hydrogens (tertiary/aromatic N) is 2. The van der Waals surface area contributed by atoms with Gasteiger partial charge in [-0.1, -0.05) is 41.9 Å². The van der Waals surface area contributed by atoms with Crippen molar-refractivity contribution in [2.75, 3.05) is 0 Å². The molecule has 0 bridgehead atoms. The van der Waals surface area contributed by atoms with Crippen LogP contribution in [-0.2, 0) is 0 Å². The molecule has 0 aliphatic carbocycles. The Kier molecular flexibility index (Phi) is 4.68. The molecule has 0 aliphatic heterocycles. The van der Waals surface area contributed by atoms with Crippen molar-refractivity contribution >= 4 is 34.7 Å². The molecule has 27 heavy (non-hydrogen) atoms. The van der Waals surface area contributed by atoms with Gasteiger partial charge in [-0.15, -0.1) is 0 Å². The molecule has 4 rings (SSSR count). The average Bonchev–Trinajstić information content (AvgIpc) is 3.06. The molecule has 0 saturated heterocycles. The van der Waals surface area contributed by atoms with Gasteiger partial charge >= 0.3 is 0 Å². The van der Waals surface area contributed by atoms with Crippen LogP contribution in [0.2, 0.25) is 5.02 Å². The maximum Gasteiger partial charge on any atom is 0.271 e. The molecule has 6 heteroatoms. The van der Waals surface area contributed by atoms with Crippen molar-refractivity contribution in [2.45, 2.75) is 0 Å². The van der Waals surface area contributed by atoms with E-state index in [0.29, 0.717) is 21.9 Å². The molecule has 4 aromatic rings. The first-order valence-electron chi connectivity index (χ1n) is 8.23. The molecule has 132 valence electrons. The minimum absolute atomic E-state index is 0.325. The number of hydrazone groups is 1. The summed E-state index contributed by atoms with van der Waals surface area (Å²) in [7, 11) is 0. The van der Waals surface area contributed by atoms with Crippen molar-refractivity contribution in [3.63, 3.8) is 0 Å². The van der Waals surface area contributed by atoms with Crippen molar-refractivity contribution in [1.29, 1.82) is 0 Å². The SMILES string of the molecule is O=C(N/N=C\c1oc2ccc(Cl)cc2c1-c1ccccc1)c1ccncc1. The summed E-state index contributed by atoms with van der Waals surface area (Å²) in [6.07, 6.45) is 4.60. The number of fused-ring (bicyclic) bond motifs is 1. The van der Waals surface area contributed by atoms with E-state index in [9.17, 15) is 4.79 Å². The molecule has 0 fully saturated rings. The number of hydrogen-bond donors (Lipinski definition) is 1. The average molecular weight is 376 g/mol. The van der Waals surface area contributed by atoms with Gasteiger partial charge in [0.2, 0.25) is 0 Å². The summed E-state index contributed by atoms with van der Waals surface area (Å²) in [6, 6.07) is 18.5. The fraction of sp³-hybridized carbons (Fsp3) is 0. The topological polar surface area (TPSA) is 67.5 Å². The first-order valence-corrected chi connectivity index (χ1v) is 8.61. The molecule has 2 aromatic carbocycles. The fourth-order valence-electron chi connectivity index (χ4n) is 2.80. The maximum atomic E-state index is 12.1. The van der Waals surface area contributed by atoms with Crippen LogP contribution in [0, 0.1) is 0 Å². The molecule has 2 heterocycles. The zero-order valence-corrected chi connectivity index (χ0v) is 14.9. The number of nitrogens with one attached hydrogen (secondary N) is 1. The van der Waals surface area contributed by atoms with Crippen LogP contribution in [0.3, 0.4) is 0 Å². The van der Waals surface area contributed by atoms with E-state index in [4.69, 9.17) is 16.0 Å². The lowest BCUT2D eigenvalue weighted by Crippen LogP contribution is -2.17. The minimum atomic E-state index is -0.325. The molecule has 1 amide bonds. The largest absolute Gasteiger partial charge is 0.454 e. The molecule has 1 N–H and O–H groups in total. The van der Waals surface area contributed by atoms with Crippen molar-refractivity contribution in [3.05, 3.63) is 89.4 Å². The van der Waals surface area contributed by atoms with Crippen molar-refractivity contribution in [2.24, 2.45) is 5.10 Å². The second-order valence-corrected chi connectivity index (χ2v) is 6.22. The highest BCUT2D eigenvalue weighted by Gasteiger charge is 2.15. The Labute approximate surface area is 160 Å². The molecular weight excluding hydrogens is 362 g/mol. The number of pyridine rings is 1. The molecule has 0 saturated carbocycles. The van der Waals surface area contributed by atoms with Gasteiger partial charge in [0.15, 0.2) is 5.76 Å². The van der Waals surface area contributed by atoms with E-state index >= 15 is 0 Å². The minimum Gasteiger partial charge on any atom is -0.454 e. The number of furan rings is 1. The predicted molar refractivity (Wildman–Crippen MR) is 106 cm³/mol. The first kappa shape index (κ1) is 17.0. The van der Waals surface area contributed by atoms with E-state index in [2.05, 4.69) is 15.5 Å². The number of carbonyl (C=O) groups is 1. The van der Waals surface area contributed by atoms with Gasteiger partial charge in [0.05, 0.1) is 6.21 Å². The van der Waals surface area contributed by atoms with Crippen molar-refractivity contribution in [1.82, 2.24) is 10.4 Å². The third kappa shape index (κ3) is 3.59. The number of aromatic nitrogens is 1. The zero-order valence-electron chi connectivity index (χ0n) is 14.1. The van der Waals surface area contributed by atoms with Crippen LogP contribution in [0.15, 0.2) is 82.6 Å². The van der Waals surface area contributed by atoms with Gasteiger partial charge < -0.3 is 4.42 Å². The van der Waals surface area contributed by atoms with Gasteiger partial charge in [0, 0.05) is 33.9 Å². The Morgan fingerprint density at radius 3 is 2.63 bits per heavy atom. The highest BCUT2D eigenvalue weighted by Crippen LogP contribution is 2.35. The summed E-state index contributed by atoms with van der Waals surface area (Å²) in [5.74, 6) is 0.211. The van der Waals surface area contributed by atoms with Crippen LogP contribution < -0.4 is 5.43 Å². The number of amides is 1. The highest BCUT2D eigenvalue weighted by molar-refractivity contribution is 6.31. The lowest BCUT2D eigenvalue weighted by molar-refractivity contribution is 0.0955. The lowest BCUT2D eigenvalue weighted by atomic mass is 10.0. The van der Waals surface area contributed by atoms with Gasteiger partial charge in [-0.3, -0.25) is 9.78 Å². The fourth-order valence-corrected chi connectivity index (χ4v) is 2.97. The molecule has 0 unspecified atom stereocenters. The normalized spacial score (nSPS) is 11.1. The van der Waals surface area contributed by atoms with E-state index in [1.165, 1.54) is 6.21 Å². The summed E-state index contributed by atoms with van der Waals surface area (Å²) in [6.45, 7) is 0. The molecule has 0 spiro atoms. The van der Waals surface area contributed by atoms with Gasteiger partial charge in [0.25, 0.3) is 5.91 Å². The molecule has 0 radical (unpaired) electrons. The van der Waals surface area contributed by atoms with Gasteiger partial charge in [-0.25, -0.2) is 5.43 Å². The summed E-state index contributed by atoms with van der Waals surface area (Å²) in [4.78, 5) is 16.0. The van der Waals surface area contributed by atoms with Crippen LogP contribution in [0.25, 0.3) is 22.1 Å². The summed E-state index contributed by atoms with van der Waals surface area (Å²) in [5.41, 5.74) is 5.51. The smallest absolute Gasteiger partial charge is 0.271 e. The van der Waals surface area contributed by atoms with Crippen LogP contribution in [-0.4, -0.2) is 17.1 Å². The second kappa shape index (κ2) is 7.43. The van der Waals surface area contributed by atoms with Crippen LogP contribution in [0.4, 0.5) is 0 Å². The Bertz CT molecular complexity index is 1120. The van der Waals surface area contributed by atoms with Crippen molar-refractivity contribution < 1.29 is 9.21 Å². The quantitative estimate of drug-likeness (QED) is 0.407. The van der Waals surface area contributed by atoms with E-state index in [1.807, 2.05) is 42.5 Å². The Morgan fingerprint density at radius 1 is 1.07 bits per heavy atom.